The molecule has 1 aliphatic carbocycles. The van der Waals surface area contributed by atoms with Crippen molar-refractivity contribution in [2.24, 2.45) is 25.9 Å². The number of fused-ring (bicyclic) bond motifs is 1. The average Bonchev–Trinajstić information content (AvgIpc) is 3.61. The van der Waals surface area contributed by atoms with E-state index in [1.165, 1.54) is 0 Å². The molecule has 0 aliphatic heterocycles. The molecule has 0 bridgehead atoms. The molecule has 4 aromatic heterocycles. The molecule has 0 fully saturated rings. The highest BCUT2D eigenvalue weighted by atomic mass is 79.9. The van der Waals surface area contributed by atoms with E-state index >= 15 is 0 Å². The molecule has 0 saturated carbocycles. The minimum atomic E-state index is -0.288. The van der Waals surface area contributed by atoms with Crippen LogP contribution < -0.4 is 22.1 Å². The molecular weight excluding hydrogens is 620 g/mol. The molecule has 4 aromatic rings. The van der Waals surface area contributed by atoms with Crippen LogP contribution in [0, 0.1) is 11.8 Å². The normalized spacial score (nSPS) is 18.8. The lowest BCUT2D eigenvalue weighted by Crippen LogP contribution is -2.44. The van der Waals surface area contributed by atoms with Gasteiger partial charge in [-0.15, -0.1) is 0 Å². The minimum absolute atomic E-state index is 0.0648. The van der Waals surface area contributed by atoms with Crippen LogP contribution in [0.5, 0.6) is 0 Å². The Morgan fingerprint density at radius 1 is 1.00 bits per heavy atom. The van der Waals surface area contributed by atoms with E-state index in [1.54, 1.807) is 27.5 Å². The fraction of sp³-hybridized carbons (Fsp3) is 0.333. The summed E-state index contributed by atoms with van der Waals surface area (Å²) in [7, 11) is 3.63. The first-order valence-corrected chi connectivity index (χ1v) is 13.5. The molecule has 8 N–H and O–H groups in total. The number of imidazole rings is 2. The number of anilines is 2. The highest BCUT2D eigenvalue weighted by Gasteiger charge is 2.41. The second kappa shape index (κ2) is 10.3. The first-order chi connectivity index (χ1) is 18.1. The number of aromatic amines is 2. The van der Waals surface area contributed by atoms with Crippen LogP contribution in [0.3, 0.4) is 0 Å². The SMILES string of the molecule is Cn1cc(Br)cc1C(=O)NCC1Cc2[nH]c(N)nc2C(c2cnc(N)[nH]2)[C@@H]1CNC(=O)c1cc(Br)cn1C. The fourth-order valence-corrected chi connectivity index (χ4v) is 6.30. The number of halogens is 2. The quantitative estimate of drug-likeness (QED) is 0.179. The summed E-state index contributed by atoms with van der Waals surface area (Å²) < 4.78 is 5.17. The lowest BCUT2D eigenvalue weighted by molar-refractivity contribution is 0.0902. The highest BCUT2D eigenvalue weighted by Crippen LogP contribution is 2.42. The van der Waals surface area contributed by atoms with Gasteiger partial charge in [-0.3, -0.25) is 9.59 Å². The van der Waals surface area contributed by atoms with Crippen LogP contribution in [0.2, 0.25) is 0 Å². The van der Waals surface area contributed by atoms with E-state index in [1.807, 2.05) is 26.5 Å². The second-order valence-corrected chi connectivity index (χ2v) is 11.4. The summed E-state index contributed by atoms with van der Waals surface area (Å²) in [6.45, 7) is 0.698. The van der Waals surface area contributed by atoms with Gasteiger partial charge in [0.25, 0.3) is 11.8 Å². The molecule has 200 valence electrons. The third kappa shape index (κ3) is 5.10. The fourth-order valence-electron chi connectivity index (χ4n) is 5.26. The van der Waals surface area contributed by atoms with E-state index in [-0.39, 0.29) is 35.5 Å². The van der Waals surface area contributed by atoms with Gasteiger partial charge in [-0.1, -0.05) is 0 Å². The molecule has 2 amide bonds. The third-order valence-corrected chi connectivity index (χ3v) is 7.87. The van der Waals surface area contributed by atoms with Crippen LogP contribution in [0.15, 0.2) is 39.7 Å². The third-order valence-electron chi connectivity index (χ3n) is 7.01. The van der Waals surface area contributed by atoms with Gasteiger partial charge in [-0.2, -0.15) is 0 Å². The van der Waals surface area contributed by atoms with Crippen molar-refractivity contribution in [1.29, 1.82) is 0 Å². The van der Waals surface area contributed by atoms with Crippen molar-refractivity contribution in [1.82, 2.24) is 39.7 Å². The van der Waals surface area contributed by atoms with Gasteiger partial charge in [0.05, 0.1) is 11.9 Å². The molecule has 4 heterocycles. The number of carbonyl (C=O) groups excluding carboxylic acids is 2. The van der Waals surface area contributed by atoms with Crippen LogP contribution in [-0.4, -0.2) is 54.0 Å². The zero-order valence-corrected chi connectivity index (χ0v) is 23.9. The van der Waals surface area contributed by atoms with Gasteiger partial charge >= 0.3 is 0 Å². The summed E-state index contributed by atoms with van der Waals surface area (Å²) >= 11 is 6.84. The number of amides is 2. The molecule has 0 radical (unpaired) electrons. The maximum Gasteiger partial charge on any atom is 0.267 e. The zero-order valence-electron chi connectivity index (χ0n) is 20.8. The molecule has 38 heavy (non-hydrogen) atoms. The largest absolute Gasteiger partial charge is 0.369 e. The van der Waals surface area contributed by atoms with E-state index in [0.717, 1.165) is 26.0 Å². The number of hydrogen-bond donors (Lipinski definition) is 6. The smallest absolute Gasteiger partial charge is 0.267 e. The summed E-state index contributed by atoms with van der Waals surface area (Å²) in [6.07, 6.45) is 5.92. The number of nitrogens with one attached hydrogen (secondary N) is 4. The number of H-pyrrole nitrogens is 2. The molecule has 0 spiro atoms. The Balaban J connectivity index is 1.45. The van der Waals surface area contributed by atoms with Crippen LogP contribution in [0.4, 0.5) is 11.9 Å². The number of hydrogen-bond acceptors (Lipinski definition) is 6. The first-order valence-electron chi connectivity index (χ1n) is 12.0. The second-order valence-electron chi connectivity index (χ2n) is 9.54. The number of nitrogens with zero attached hydrogens (tertiary/aromatic N) is 4. The molecule has 2 unspecified atom stereocenters. The van der Waals surface area contributed by atoms with Gasteiger partial charge in [0.1, 0.15) is 11.4 Å². The van der Waals surface area contributed by atoms with Gasteiger partial charge < -0.3 is 41.2 Å². The van der Waals surface area contributed by atoms with Crippen molar-refractivity contribution < 1.29 is 9.59 Å². The Kier molecular flexibility index (Phi) is 7.09. The molecule has 3 atom stereocenters. The summed E-state index contributed by atoms with van der Waals surface area (Å²) in [5, 5.41) is 6.17. The molecule has 0 aromatic carbocycles. The summed E-state index contributed by atoms with van der Waals surface area (Å²) in [4.78, 5) is 41.2. The lowest BCUT2D eigenvalue weighted by Gasteiger charge is -2.37. The number of aromatic nitrogens is 6. The van der Waals surface area contributed by atoms with Crippen molar-refractivity contribution >= 4 is 55.6 Å². The van der Waals surface area contributed by atoms with E-state index in [4.69, 9.17) is 11.5 Å². The molecule has 5 rings (SSSR count). The van der Waals surface area contributed by atoms with Crippen LogP contribution in [0.1, 0.15) is 44.0 Å². The van der Waals surface area contributed by atoms with Gasteiger partial charge in [0.2, 0.25) is 0 Å². The van der Waals surface area contributed by atoms with E-state index < -0.39 is 0 Å². The standard InChI is InChI=1S/C24H28Br2N10O2/c1-35-9-12(25)4-17(35)21(37)29-6-11-3-15-20(34-24(28)32-15)19(16-8-31-23(27)33-16)14(11)7-30-22(38)18-5-13(26)10-36(18)2/h4-5,8-11,14,19H,3,6-7H2,1-2H3,(H,29,37)(H,30,38)(H3,27,31,33)(H3,28,32,34)/t11?,14-,19?/m1/s1. The zero-order chi connectivity index (χ0) is 27.1. The molecule has 12 nitrogen and oxygen atoms in total. The van der Waals surface area contributed by atoms with Crippen molar-refractivity contribution in [3.63, 3.8) is 0 Å². The molecular formula is C24H28Br2N10O2. The van der Waals surface area contributed by atoms with Crippen molar-refractivity contribution in [3.8, 4) is 0 Å². The van der Waals surface area contributed by atoms with E-state index in [9.17, 15) is 9.59 Å². The van der Waals surface area contributed by atoms with E-state index in [2.05, 4.69) is 62.4 Å². The Bertz CT molecular complexity index is 1500. The lowest BCUT2D eigenvalue weighted by atomic mass is 9.71. The number of rotatable bonds is 7. The van der Waals surface area contributed by atoms with Gasteiger partial charge in [0.15, 0.2) is 11.9 Å². The van der Waals surface area contributed by atoms with E-state index in [0.29, 0.717) is 36.8 Å². The number of aryl methyl sites for hydroxylation is 2. The van der Waals surface area contributed by atoms with Crippen molar-refractivity contribution in [3.05, 3.63) is 68.1 Å². The summed E-state index contributed by atoms with van der Waals surface area (Å²) in [5.74, 6) is -0.308. The van der Waals surface area contributed by atoms with Crippen molar-refractivity contribution in [2.75, 3.05) is 24.6 Å². The predicted octanol–water partition coefficient (Wildman–Crippen LogP) is 2.28. The predicted molar refractivity (Wildman–Crippen MR) is 149 cm³/mol. The molecule has 0 saturated heterocycles. The maximum absolute atomic E-state index is 13.1. The Hall–Kier alpha value is -3.52. The van der Waals surface area contributed by atoms with Gasteiger partial charge in [-0.05, 0) is 62.2 Å². The number of nitrogens with two attached hydrogens (primary N) is 2. The maximum atomic E-state index is 13.1. The number of carbonyl (C=O) groups is 2. The first kappa shape index (κ1) is 26.1. The van der Waals surface area contributed by atoms with Crippen molar-refractivity contribution in [2.45, 2.75) is 12.3 Å². The van der Waals surface area contributed by atoms with Gasteiger partial charge in [0, 0.05) is 65.8 Å². The summed E-state index contributed by atoms with van der Waals surface area (Å²) in [6, 6.07) is 3.54. The topological polar surface area (TPSA) is 177 Å². The van der Waals surface area contributed by atoms with Crippen LogP contribution >= 0.6 is 31.9 Å². The van der Waals surface area contributed by atoms with Crippen LogP contribution in [0.25, 0.3) is 0 Å². The highest BCUT2D eigenvalue weighted by molar-refractivity contribution is 9.10. The monoisotopic (exact) mass is 646 g/mol. The number of nitrogen functional groups attached to an aromatic ring is 2. The molecule has 1 aliphatic rings. The Labute approximate surface area is 235 Å². The minimum Gasteiger partial charge on any atom is -0.369 e. The van der Waals surface area contributed by atoms with Gasteiger partial charge in [-0.25, -0.2) is 9.97 Å². The molecule has 14 heteroatoms. The average molecular weight is 648 g/mol. The summed E-state index contributed by atoms with van der Waals surface area (Å²) in [5.41, 5.74) is 15.5. The van der Waals surface area contributed by atoms with Crippen LogP contribution in [-0.2, 0) is 20.5 Å². The Morgan fingerprint density at radius 2 is 1.61 bits per heavy atom. The Morgan fingerprint density at radius 3 is 2.13 bits per heavy atom.